The zero-order chi connectivity index (χ0) is 14.1. The fourth-order valence-corrected chi connectivity index (χ4v) is 3.25. The lowest BCUT2D eigenvalue weighted by molar-refractivity contribution is -0.144. The number of thioether (sulfide) groups is 1. The summed E-state index contributed by atoms with van der Waals surface area (Å²) in [5.41, 5.74) is 0.787. The number of hydrogen-bond acceptors (Lipinski definition) is 5. The smallest absolute Gasteiger partial charge is 0.325 e. The molecule has 2 heterocycles. The number of fused-ring (bicyclic) bond motifs is 1. The minimum atomic E-state index is -0.842. The van der Waals surface area contributed by atoms with E-state index < -0.39 is 12.0 Å². The molecule has 2 aromatic rings. The SMILES string of the molecule is Cc1nnc2n1CN([C@H](C(=O)O)c1ccccc1)CS2. The summed E-state index contributed by atoms with van der Waals surface area (Å²) in [5.74, 6) is 0.546. The average molecular weight is 290 g/mol. The number of benzene rings is 1. The number of hydrogen-bond donors (Lipinski definition) is 1. The molecular formula is C13H14N4O2S. The third-order valence-corrected chi connectivity index (χ3v) is 4.32. The molecule has 0 fully saturated rings. The molecule has 6 nitrogen and oxygen atoms in total. The summed E-state index contributed by atoms with van der Waals surface area (Å²) in [6, 6.07) is 8.64. The molecule has 0 amide bonds. The summed E-state index contributed by atoms with van der Waals surface area (Å²) in [4.78, 5) is 13.6. The van der Waals surface area contributed by atoms with E-state index in [-0.39, 0.29) is 0 Å². The summed E-state index contributed by atoms with van der Waals surface area (Å²) < 4.78 is 1.94. The summed E-state index contributed by atoms with van der Waals surface area (Å²) in [6.07, 6.45) is 0. The van der Waals surface area contributed by atoms with E-state index in [4.69, 9.17) is 0 Å². The van der Waals surface area contributed by atoms with Gasteiger partial charge in [-0.1, -0.05) is 42.1 Å². The van der Waals surface area contributed by atoms with Gasteiger partial charge < -0.3 is 5.11 Å². The van der Waals surface area contributed by atoms with Gasteiger partial charge in [-0.05, 0) is 12.5 Å². The maximum Gasteiger partial charge on any atom is 0.325 e. The fraction of sp³-hybridized carbons (Fsp3) is 0.308. The third-order valence-electron chi connectivity index (χ3n) is 3.30. The van der Waals surface area contributed by atoms with Gasteiger partial charge in [0.15, 0.2) is 5.16 Å². The lowest BCUT2D eigenvalue weighted by Crippen LogP contribution is -2.38. The van der Waals surface area contributed by atoms with Gasteiger partial charge in [-0.15, -0.1) is 10.2 Å². The van der Waals surface area contributed by atoms with Gasteiger partial charge >= 0.3 is 5.97 Å². The monoisotopic (exact) mass is 290 g/mol. The van der Waals surface area contributed by atoms with Crippen molar-refractivity contribution in [2.45, 2.75) is 24.8 Å². The second-order valence-electron chi connectivity index (χ2n) is 4.61. The summed E-state index contributed by atoms with van der Waals surface area (Å²) in [6.45, 7) is 2.37. The van der Waals surface area contributed by atoms with E-state index in [1.165, 1.54) is 11.8 Å². The summed E-state index contributed by atoms with van der Waals surface area (Å²) >= 11 is 1.51. The van der Waals surface area contributed by atoms with Crippen LogP contribution in [0, 0.1) is 6.92 Å². The molecule has 0 radical (unpaired) electrons. The fourth-order valence-electron chi connectivity index (χ4n) is 2.30. The van der Waals surface area contributed by atoms with Gasteiger partial charge in [0.1, 0.15) is 11.9 Å². The molecule has 0 saturated heterocycles. The standard InChI is InChI=1S/C13H14N4O2S/c1-9-14-15-13-17(9)7-16(8-20-13)11(12(18)19)10-5-3-2-4-6-10/h2-6,11H,7-8H2,1H3,(H,18,19)/t11-/m0/s1. The minimum Gasteiger partial charge on any atom is -0.480 e. The Morgan fingerprint density at radius 3 is 2.80 bits per heavy atom. The van der Waals surface area contributed by atoms with E-state index in [9.17, 15) is 9.90 Å². The van der Waals surface area contributed by atoms with Crippen molar-refractivity contribution >= 4 is 17.7 Å². The van der Waals surface area contributed by atoms with Crippen molar-refractivity contribution in [3.8, 4) is 0 Å². The maximum absolute atomic E-state index is 11.6. The van der Waals surface area contributed by atoms with Crippen LogP contribution in [0.5, 0.6) is 0 Å². The Labute approximate surface area is 120 Å². The van der Waals surface area contributed by atoms with Crippen LogP contribution in [-0.4, -0.2) is 36.6 Å². The first-order valence-electron chi connectivity index (χ1n) is 6.21. The van der Waals surface area contributed by atoms with Crippen molar-refractivity contribution in [2.24, 2.45) is 0 Å². The van der Waals surface area contributed by atoms with Gasteiger partial charge in [0.05, 0.1) is 12.5 Å². The van der Waals surface area contributed by atoms with Crippen LogP contribution < -0.4 is 0 Å². The molecule has 1 aromatic heterocycles. The second-order valence-corrected chi connectivity index (χ2v) is 5.52. The molecule has 0 saturated carbocycles. The van der Waals surface area contributed by atoms with E-state index >= 15 is 0 Å². The molecular weight excluding hydrogens is 276 g/mol. The highest BCUT2D eigenvalue weighted by atomic mass is 32.2. The first kappa shape index (κ1) is 13.1. The Balaban J connectivity index is 1.91. The van der Waals surface area contributed by atoms with Gasteiger partial charge in [0, 0.05) is 0 Å². The number of aryl methyl sites for hydroxylation is 1. The zero-order valence-electron chi connectivity index (χ0n) is 10.9. The highest BCUT2D eigenvalue weighted by Crippen LogP contribution is 2.31. The van der Waals surface area contributed by atoms with Crippen LogP contribution in [0.15, 0.2) is 35.5 Å². The van der Waals surface area contributed by atoms with Crippen molar-refractivity contribution in [1.82, 2.24) is 19.7 Å². The molecule has 104 valence electrons. The molecule has 0 spiro atoms. The molecule has 20 heavy (non-hydrogen) atoms. The van der Waals surface area contributed by atoms with E-state index in [1.54, 1.807) is 0 Å². The number of rotatable bonds is 3. The van der Waals surface area contributed by atoms with Gasteiger partial charge in [-0.3, -0.25) is 14.3 Å². The molecule has 0 aliphatic carbocycles. The van der Waals surface area contributed by atoms with Crippen LogP contribution in [0.1, 0.15) is 17.4 Å². The Bertz CT molecular complexity index is 629. The number of carbonyl (C=O) groups is 1. The van der Waals surface area contributed by atoms with Crippen molar-refractivity contribution in [2.75, 3.05) is 5.88 Å². The molecule has 1 atom stereocenters. The molecule has 7 heteroatoms. The van der Waals surface area contributed by atoms with Crippen LogP contribution in [0.25, 0.3) is 0 Å². The van der Waals surface area contributed by atoms with Crippen molar-refractivity contribution in [3.05, 3.63) is 41.7 Å². The van der Waals surface area contributed by atoms with E-state index in [0.29, 0.717) is 12.5 Å². The molecule has 1 aliphatic rings. The number of carboxylic acid groups (broad SMARTS) is 1. The van der Waals surface area contributed by atoms with Crippen LogP contribution in [0.3, 0.4) is 0 Å². The predicted octanol–water partition coefficient (Wildman–Crippen LogP) is 1.74. The number of aliphatic carboxylic acids is 1. The van der Waals surface area contributed by atoms with E-state index in [0.717, 1.165) is 16.5 Å². The normalized spacial score (nSPS) is 16.6. The van der Waals surface area contributed by atoms with Crippen LogP contribution >= 0.6 is 11.8 Å². The summed E-state index contributed by atoms with van der Waals surface area (Å²) in [7, 11) is 0. The highest BCUT2D eigenvalue weighted by molar-refractivity contribution is 7.99. The van der Waals surface area contributed by atoms with Crippen molar-refractivity contribution in [3.63, 3.8) is 0 Å². The number of nitrogens with zero attached hydrogens (tertiary/aromatic N) is 4. The minimum absolute atomic E-state index is 0.493. The number of carboxylic acids is 1. The maximum atomic E-state index is 11.6. The van der Waals surface area contributed by atoms with Crippen LogP contribution in [0.4, 0.5) is 0 Å². The quantitative estimate of drug-likeness (QED) is 0.928. The van der Waals surface area contributed by atoms with Crippen molar-refractivity contribution < 1.29 is 9.90 Å². The lowest BCUT2D eigenvalue weighted by Gasteiger charge is -2.32. The average Bonchev–Trinajstić information content (AvgIpc) is 2.81. The Morgan fingerprint density at radius 1 is 1.35 bits per heavy atom. The van der Waals surface area contributed by atoms with Gasteiger partial charge in [-0.25, -0.2) is 0 Å². The zero-order valence-corrected chi connectivity index (χ0v) is 11.7. The molecule has 3 rings (SSSR count). The molecule has 1 aliphatic heterocycles. The molecule has 1 N–H and O–H groups in total. The summed E-state index contributed by atoms with van der Waals surface area (Å²) in [5, 5.41) is 18.5. The largest absolute Gasteiger partial charge is 0.480 e. The first-order valence-corrected chi connectivity index (χ1v) is 7.20. The van der Waals surface area contributed by atoms with Crippen molar-refractivity contribution in [1.29, 1.82) is 0 Å². The Hall–Kier alpha value is -1.86. The van der Waals surface area contributed by atoms with E-state index in [2.05, 4.69) is 10.2 Å². The van der Waals surface area contributed by atoms with Crippen LogP contribution in [0.2, 0.25) is 0 Å². The molecule has 0 unspecified atom stereocenters. The van der Waals surface area contributed by atoms with Gasteiger partial charge in [0.2, 0.25) is 0 Å². The van der Waals surface area contributed by atoms with E-state index in [1.807, 2.05) is 46.7 Å². The van der Waals surface area contributed by atoms with Crippen LogP contribution in [-0.2, 0) is 11.5 Å². The topological polar surface area (TPSA) is 71.2 Å². The van der Waals surface area contributed by atoms with Gasteiger partial charge in [-0.2, -0.15) is 0 Å². The Kier molecular flexibility index (Phi) is 3.45. The highest BCUT2D eigenvalue weighted by Gasteiger charge is 2.31. The third kappa shape index (κ3) is 2.30. The second kappa shape index (κ2) is 5.26. The Morgan fingerprint density at radius 2 is 2.10 bits per heavy atom. The lowest BCUT2D eigenvalue weighted by atomic mass is 10.1. The molecule has 0 bridgehead atoms. The predicted molar refractivity (Wildman–Crippen MR) is 74.1 cm³/mol. The first-order chi connectivity index (χ1) is 9.66. The number of aromatic nitrogens is 3. The molecule has 1 aromatic carbocycles. The van der Waals surface area contributed by atoms with Gasteiger partial charge in [0.25, 0.3) is 0 Å².